The molecule has 1 saturated carbocycles. The van der Waals surface area contributed by atoms with Gasteiger partial charge in [0.1, 0.15) is 0 Å². The zero-order valence-electron chi connectivity index (χ0n) is 11.6. The van der Waals surface area contributed by atoms with Crippen LogP contribution >= 0.6 is 0 Å². The lowest BCUT2D eigenvalue weighted by Gasteiger charge is -2.40. The summed E-state index contributed by atoms with van der Waals surface area (Å²) >= 11 is 0. The number of ether oxygens (including phenoxy) is 1. The van der Waals surface area contributed by atoms with Crippen LogP contribution in [-0.4, -0.2) is 49.8 Å². The minimum atomic E-state index is 0.596. The van der Waals surface area contributed by atoms with Crippen LogP contribution in [0.2, 0.25) is 0 Å². The topological polar surface area (TPSA) is 24.5 Å². The fourth-order valence-electron chi connectivity index (χ4n) is 2.88. The fourth-order valence-corrected chi connectivity index (χ4v) is 2.88. The molecule has 0 aromatic carbocycles. The maximum Gasteiger partial charge on any atom is 0.0624 e. The molecule has 100 valence electrons. The molecule has 0 spiro atoms. The highest BCUT2D eigenvalue weighted by Crippen LogP contribution is 2.34. The van der Waals surface area contributed by atoms with Gasteiger partial charge in [-0.05, 0) is 31.6 Å². The molecule has 0 amide bonds. The molecule has 0 bridgehead atoms. The predicted octanol–water partition coefficient (Wildman–Crippen LogP) is 1.73. The average Bonchev–Trinajstić information content (AvgIpc) is 3.13. The lowest BCUT2D eigenvalue weighted by Crippen LogP contribution is -2.57. The highest BCUT2D eigenvalue weighted by molar-refractivity contribution is 4.93. The van der Waals surface area contributed by atoms with Crippen molar-refractivity contribution < 1.29 is 4.74 Å². The van der Waals surface area contributed by atoms with Crippen molar-refractivity contribution in [3.63, 3.8) is 0 Å². The molecule has 2 atom stereocenters. The number of hydrogen-bond acceptors (Lipinski definition) is 3. The van der Waals surface area contributed by atoms with E-state index in [0.29, 0.717) is 12.0 Å². The second kappa shape index (κ2) is 6.17. The fraction of sp³-hybridized carbons (Fsp3) is 1.00. The zero-order chi connectivity index (χ0) is 12.3. The Balaban J connectivity index is 1.87. The van der Waals surface area contributed by atoms with Crippen molar-refractivity contribution in [3.05, 3.63) is 0 Å². The molecule has 2 unspecified atom stereocenters. The maximum absolute atomic E-state index is 5.66. The monoisotopic (exact) mass is 240 g/mol. The summed E-state index contributed by atoms with van der Waals surface area (Å²) in [6.07, 6.45) is 2.87. The summed E-state index contributed by atoms with van der Waals surface area (Å²) in [6.45, 7) is 12.0. The third kappa shape index (κ3) is 3.67. The van der Waals surface area contributed by atoms with Crippen LogP contribution in [0, 0.1) is 11.8 Å². The van der Waals surface area contributed by atoms with Gasteiger partial charge in [-0.3, -0.25) is 4.90 Å². The van der Waals surface area contributed by atoms with Gasteiger partial charge in [0.15, 0.2) is 0 Å². The highest BCUT2D eigenvalue weighted by Gasteiger charge is 2.36. The first-order valence-corrected chi connectivity index (χ1v) is 7.27. The molecule has 0 radical (unpaired) electrons. The Labute approximate surface area is 106 Å². The Morgan fingerprint density at radius 1 is 1.35 bits per heavy atom. The molecular formula is C14H28N2O. The summed E-state index contributed by atoms with van der Waals surface area (Å²) in [7, 11) is 0. The number of piperazine rings is 1. The van der Waals surface area contributed by atoms with E-state index in [0.717, 1.165) is 31.7 Å². The van der Waals surface area contributed by atoms with E-state index in [1.54, 1.807) is 0 Å². The molecule has 17 heavy (non-hydrogen) atoms. The lowest BCUT2D eigenvalue weighted by atomic mass is 10.00. The average molecular weight is 240 g/mol. The van der Waals surface area contributed by atoms with E-state index in [1.807, 2.05) is 0 Å². The van der Waals surface area contributed by atoms with E-state index in [-0.39, 0.29) is 0 Å². The third-order valence-electron chi connectivity index (χ3n) is 4.16. The van der Waals surface area contributed by atoms with E-state index in [4.69, 9.17) is 4.74 Å². The summed E-state index contributed by atoms with van der Waals surface area (Å²) in [6, 6.07) is 1.34. The van der Waals surface area contributed by atoms with Crippen LogP contribution in [0.5, 0.6) is 0 Å². The Morgan fingerprint density at radius 3 is 2.71 bits per heavy atom. The van der Waals surface area contributed by atoms with Gasteiger partial charge in [0, 0.05) is 38.3 Å². The van der Waals surface area contributed by atoms with Gasteiger partial charge in [-0.25, -0.2) is 0 Å². The smallest absolute Gasteiger partial charge is 0.0624 e. The number of rotatable bonds is 6. The standard InChI is InChI=1S/C14H28N2O/c1-4-17-10-14(11(2)3)16-8-7-15-13(9-16)12-5-6-12/h11-15H,4-10H2,1-3H3. The normalized spacial score (nSPS) is 28.6. The minimum absolute atomic E-state index is 0.596. The van der Waals surface area contributed by atoms with Gasteiger partial charge in [0.25, 0.3) is 0 Å². The van der Waals surface area contributed by atoms with Crippen LogP contribution in [0.25, 0.3) is 0 Å². The van der Waals surface area contributed by atoms with Gasteiger partial charge >= 0.3 is 0 Å². The number of nitrogens with one attached hydrogen (secondary N) is 1. The van der Waals surface area contributed by atoms with E-state index in [9.17, 15) is 0 Å². The van der Waals surface area contributed by atoms with E-state index >= 15 is 0 Å². The Hall–Kier alpha value is -0.120. The quantitative estimate of drug-likeness (QED) is 0.765. The molecule has 2 rings (SSSR count). The van der Waals surface area contributed by atoms with Crippen LogP contribution in [0.1, 0.15) is 33.6 Å². The molecule has 0 aromatic rings. The van der Waals surface area contributed by atoms with Crippen LogP contribution in [-0.2, 0) is 4.74 Å². The molecule has 1 heterocycles. The van der Waals surface area contributed by atoms with E-state index in [1.165, 1.54) is 25.9 Å². The first-order chi connectivity index (χ1) is 8.22. The van der Waals surface area contributed by atoms with Gasteiger partial charge in [0.05, 0.1) is 6.61 Å². The van der Waals surface area contributed by atoms with Gasteiger partial charge < -0.3 is 10.1 Å². The van der Waals surface area contributed by atoms with Crippen molar-refractivity contribution in [1.29, 1.82) is 0 Å². The van der Waals surface area contributed by atoms with Crippen LogP contribution in [0.15, 0.2) is 0 Å². The molecule has 1 N–H and O–H groups in total. The van der Waals surface area contributed by atoms with Gasteiger partial charge in [0.2, 0.25) is 0 Å². The Morgan fingerprint density at radius 2 is 2.12 bits per heavy atom. The second-order valence-corrected chi connectivity index (χ2v) is 5.86. The number of nitrogens with zero attached hydrogens (tertiary/aromatic N) is 1. The first-order valence-electron chi connectivity index (χ1n) is 7.27. The lowest BCUT2D eigenvalue weighted by molar-refractivity contribution is 0.0277. The molecule has 2 fully saturated rings. The summed E-state index contributed by atoms with van der Waals surface area (Å²) < 4.78 is 5.66. The third-order valence-corrected chi connectivity index (χ3v) is 4.16. The van der Waals surface area contributed by atoms with Crippen molar-refractivity contribution in [3.8, 4) is 0 Å². The largest absolute Gasteiger partial charge is 0.380 e. The summed E-state index contributed by atoms with van der Waals surface area (Å²) in [5.74, 6) is 1.64. The zero-order valence-corrected chi connectivity index (χ0v) is 11.6. The number of hydrogen-bond donors (Lipinski definition) is 1. The summed E-state index contributed by atoms with van der Waals surface area (Å²) in [5, 5.41) is 3.68. The first kappa shape index (κ1) is 13.3. The summed E-state index contributed by atoms with van der Waals surface area (Å²) in [4.78, 5) is 2.65. The van der Waals surface area contributed by atoms with E-state index < -0.39 is 0 Å². The Kier molecular flexibility index (Phi) is 4.83. The SMILES string of the molecule is CCOCC(C(C)C)N1CCNC(C2CC2)C1. The van der Waals surface area contributed by atoms with Crippen molar-refractivity contribution >= 4 is 0 Å². The van der Waals surface area contributed by atoms with Crippen molar-refractivity contribution in [1.82, 2.24) is 10.2 Å². The van der Waals surface area contributed by atoms with Crippen LogP contribution in [0.4, 0.5) is 0 Å². The molecule has 0 aromatic heterocycles. The summed E-state index contributed by atoms with van der Waals surface area (Å²) in [5.41, 5.74) is 0. The van der Waals surface area contributed by atoms with Crippen LogP contribution in [0.3, 0.4) is 0 Å². The molecule has 1 aliphatic heterocycles. The van der Waals surface area contributed by atoms with Crippen molar-refractivity contribution in [2.75, 3.05) is 32.8 Å². The van der Waals surface area contributed by atoms with E-state index in [2.05, 4.69) is 31.0 Å². The molecule has 1 saturated heterocycles. The predicted molar refractivity (Wildman–Crippen MR) is 71.2 cm³/mol. The van der Waals surface area contributed by atoms with Gasteiger partial charge in [-0.15, -0.1) is 0 Å². The molecule has 2 aliphatic rings. The maximum atomic E-state index is 5.66. The highest BCUT2D eigenvalue weighted by atomic mass is 16.5. The molecule has 3 heteroatoms. The van der Waals surface area contributed by atoms with Crippen LogP contribution < -0.4 is 5.32 Å². The minimum Gasteiger partial charge on any atom is -0.380 e. The molecule has 1 aliphatic carbocycles. The van der Waals surface area contributed by atoms with Crippen molar-refractivity contribution in [2.24, 2.45) is 11.8 Å². The van der Waals surface area contributed by atoms with Crippen molar-refractivity contribution in [2.45, 2.75) is 45.7 Å². The second-order valence-electron chi connectivity index (χ2n) is 5.86. The van der Waals surface area contributed by atoms with Gasteiger partial charge in [-0.2, -0.15) is 0 Å². The van der Waals surface area contributed by atoms with Gasteiger partial charge in [-0.1, -0.05) is 13.8 Å². The Bertz CT molecular complexity index is 228. The molecular weight excluding hydrogens is 212 g/mol. The molecule has 3 nitrogen and oxygen atoms in total.